The average molecular weight is 218 g/mol. The molecule has 4 nitrogen and oxygen atoms in total. The van der Waals surface area contributed by atoms with Crippen molar-refractivity contribution in [2.45, 2.75) is 31.3 Å². The van der Waals surface area contributed by atoms with Crippen LogP contribution < -0.4 is 5.73 Å². The third kappa shape index (κ3) is 2.27. The van der Waals surface area contributed by atoms with Crippen LogP contribution in [0.25, 0.3) is 0 Å². The fourth-order valence-corrected chi connectivity index (χ4v) is 3.54. The molecule has 1 saturated carbocycles. The molecule has 0 aromatic rings. The quantitative estimate of drug-likeness (QED) is 0.650. The monoisotopic (exact) mass is 218 g/mol. The number of hydrogen-bond donors (Lipinski definition) is 1. The molecular formula is C9H18N2O2S. The predicted octanol–water partition coefficient (Wildman–Crippen LogP) is -0.403. The maximum absolute atomic E-state index is 11.4. The molecule has 0 spiro atoms. The Bertz CT molecular complexity index is 296. The van der Waals surface area contributed by atoms with E-state index in [0.717, 1.165) is 25.8 Å². The maximum Gasteiger partial charge on any atom is 0.151 e. The van der Waals surface area contributed by atoms with E-state index in [2.05, 4.69) is 4.90 Å². The van der Waals surface area contributed by atoms with Crippen molar-refractivity contribution in [3.63, 3.8) is 0 Å². The molecule has 2 N–H and O–H groups in total. The fraction of sp³-hybridized carbons (Fsp3) is 1.00. The Morgan fingerprint density at radius 1 is 1.14 bits per heavy atom. The Hall–Kier alpha value is -0.130. The van der Waals surface area contributed by atoms with E-state index in [-0.39, 0.29) is 0 Å². The van der Waals surface area contributed by atoms with Crippen LogP contribution in [0.3, 0.4) is 0 Å². The molecule has 0 amide bonds. The molecule has 0 radical (unpaired) electrons. The van der Waals surface area contributed by atoms with E-state index >= 15 is 0 Å². The van der Waals surface area contributed by atoms with Crippen molar-refractivity contribution in [2.75, 3.05) is 24.6 Å². The molecule has 5 heteroatoms. The molecule has 0 aromatic carbocycles. The van der Waals surface area contributed by atoms with Crippen LogP contribution in [-0.4, -0.2) is 50.0 Å². The van der Waals surface area contributed by atoms with Crippen molar-refractivity contribution in [3.8, 4) is 0 Å². The molecular weight excluding hydrogens is 200 g/mol. The lowest BCUT2D eigenvalue weighted by molar-refractivity contribution is 0.119. The van der Waals surface area contributed by atoms with Crippen LogP contribution in [0.1, 0.15) is 19.3 Å². The van der Waals surface area contributed by atoms with E-state index in [1.54, 1.807) is 0 Å². The second kappa shape index (κ2) is 3.79. The molecule has 1 aliphatic heterocycles. The van der Waals surface area contributed by atoms with Gasteiger partial charge in [-0.25, -0.2) is 8.42 Å². The van der Waals surface area contributed by atoms with Gasteiger partial charge in [-0.1, -0.05) is 0 Å². The van der Waals surface area contributed by atoms with Crippen molar-refractivity contribution in [1.29, 1.82) is 0 Å². The molecule has 0 aromatic heterocycles. The summed E-state index contributed by atoms with van der Waals surface area (Å²) in [5, 5.41) is 0. The Kier molecular flexibility index (Phi) is 2.81. The molecule has 0 atom stereocenters. The fourth-order valence-electron chi connectivity index (χ4n) is 2.25. The number of hydrogen-bond acceptors (Lipinski definition) is 4. The Labute approximate surface area is 85.4 Å². The first-order valence-electron chi connectivity index (χ1n) is 5.27. The van der Waals surface area contributed by atoms with Gasteiger partial charge in [0.15, 0.2) is 9.84 Å². The lowest BCUT2D eigenvalue weighted by atomic mass is 9.86. The largest absolute Gasteiger partial charge is 0.328 e. The van der Waals surface area contributed by atoms with E-state index < -0.39 is 9.84 Å². The SMILES string of the molecule is NC1CC(N2CCCS(=O)(=O)CC2)C1. The van der Waals surface area contributed by atoms with Gasteiger partial charge in [-0.15, -0.1) is 0 Å². The molecule has 0 bridgehead atoms. The summed E-state index contributed by atoms with van der Waals surface area (Å²) < 4.78 is 22.7. The summed E-state index contributed by atoms with van der Waals surface area (Å²) >= 11 is 0. The van der Waals surface area contributed by atoms with Crippen molar-refractivity contribution in [2.24, 2.45) is 5.73 Å². The topological polar surface area (TPSA) is 63.4 Å². The second-order valence-corrected chi connectivity index (χ2v) is 6.73. The van der Waals surface area contributed by atoms with E-state index in [1.165, 1.54) is 0 Å². The minimum absolute atomic E-state index is 0.332. The Morgan fingerprint density at radius 3 is 2.50 bits per heavy atom. The summed E-state index contributed by atoms with van der Waals surface area (Å²) in [6.45, 7) is 1.64. The molecule has 14 heavy (non-hydrogen) atoms. The van der Waals surface area contributed by atoms with Gasteiger partial charge in [0.2, 0.25) is 0 Å². The van der Waals surface area contributed by atoms with Crippen LogP contribution in [-0.2, 0) is 9.84 Å². The lowest BCUT2D eigenvalue weighted by Crippen LogP contribution is -2.51. The van der Waals surface area contributed by atoms with Crippen LogP contribution in [0.2, 0.25) is 0 Å². The van der Waals surface area contributed by atoms with Crippen LogP contribution in [0, 0.1) is 0 Å². The zero-order valence-electron chi connectivity index (χ0n) is 8.35. The minimum atomic E-state index is -2.76. The number of nitrogens with two attached hydrogens (primary N) is 1. The van der Waals surface area contributed by atoms with Crippen molar-refractivity contribution >= 4 is 9.84 Å². The third-order valence-corrected chi connectivity index (χ3v) is 4.97. The maximum atomic E-state index is 11.4. The highest BCUT2D eigenvalue weighted by atomic mass is 32.2. The molecule has 1 aliphatic carbocycles. The molecule has 2 rings (SSSR count). The van der Waals surface area contributed by atoms with Gasteiger partial charge in [0.25, 0.3) is 0 Å². The van der Waals surface area contributed by atoms with E-state index in [9.17, 15) is 8.42 Å². The van der Waals surface area contributed by atoms with E-state index in [0.29, 0.717) is 30.1 Å². The zero-order chi connectivity index (χ0) is 10.2. The number of rotatable bonds is 1. The van der Waals surface area contributed by atoms with Crippen molar-refractivity contribution < 1.29 is 8.42 Å². The van der Waals surface area contributed by atoms with Gasteiger partial charge in [0.1, 0.15) is 0 Å². The van der Waals surface area contributed by atoms with Gasteiger partial charge in [-0.3, -0.25) is 4.90 Å². The summed E-state index contributed by atoms with van der Waals surface area (Å²) in [6, 6.07) is 0.901. The second-order valence-electron chi connectivity index (χ2n) is 4.43. The highest BCUT2D eigenvalue weighted by molar-refractivity contribution is 7.91. The van der Waals surface area contributed by atoms with Crippen molar-refractivity contribution in [3.05, 3.63) is 0 Å². The summed E-state index contributed by atoms with van der Waals surface area (Å²) in [4.78, 5) is 2.30. The molecule has 2 aliphatic rings. The Balaban J connectivity index is 1.90. The van der Waals surface area contributed by atoms with Gasteiger partial charge >= 0.3 is 0 Å². The molecule has 2 fully saturated rings. The highest BCUT2D eigenvalue weighted by Crippen LogP contribution is 2.25. The van der Waals surface area contributed by atoms with Gasteiger partial charge in [0, 0.05) is 18.6 Å². The number of sulfone groups is 1. The highest BCUT2D eigenvalue weighted by Gasteiger charge is 2.32. The summed E-state index contributed by atoms with van der Waals surface area (Å²) in [5.41, 5.74) is 5.72. The van der Waals surface area contributed by atoms with Crippen molar-refractivity contribution in [1.82, 2.24) is 4.90 Å². The van der Waals surface area contributed by atoms with Crippen LogP contribution in [0.5, 0.6) is 0 Å². The first kappa shape index (κ1) is 10.4. The van der Waals surface area contributed by atoms with Gasteiger partial charge in [0.05, 0.1) is 11.5 Å². The average Bonchev–Trinajstić information content (AvgIpc) is 2.21. The van der Waals surface area contributed by atoms with Crippen LogP contribution >= 0.6 is 0 Å². The standard InChI is InChI=1S/C9H18N2O2S/c10-8-6-9(7-8)11-2-1-4-14(12,13)5-3-11/h8-9H,1-7,10H2. The third-order valence-electron chi connectivity index (χ3n) is 3.26. The number of nitrogens with zero attached hydrogens (tertiary/aromatic N) is 1. The summed E-state index contributed by atoms with van der Waals surface area (Å²) in [6.07, 6.45) is 2.87. The zero-order valence-corrected chi connectivity index (χ0v) is 9.17. The lowest BCUT2D eigenvalue weighted by Gasteiger charge is -2.40. The molecule has 82 valence electrons. The summed E-state index contributed by atoms with van der Waals surface area (Å²) in [5.74, 6) is 0.695. The smallest absolute Gasteiger partial charge is 0.151 e. The molecule has 0 unspecified atom stereocenters. The minimum Gasteiger partial charge on any atom is -0.328 e. The van der Waals surface area contributed by atoms with Gasteiger partial charge in [-0.05, 0) is 25.8 Å². The predicted molar refractivity (Wildman–Crippen MR) is 55.8 cm³/mol. The first-order chi connectivity index (χ1) is 6.57. The van der Waals surface area contributed by atoms with E-state index in [1.807, 2.05) is 0 Å². The van der Waals surface area contributed by atoms with Gasteiger partial charge in [-0.2, -0.15) is 0 Å². The Morgan fingerprint density at radius 2 is 1.86 bits per heavy atom. The molecule has 1 saturated heterocycles. The first-order valence-corrected chi connectivity index (χ1v) is 7.09. The van der Waals surface area contributed by atoms with Crippen LogP contribution in [0.4, 0.5) is 0 Å². The summed E-state index contributed by atoms with van der Waals surface area (Å²) in [7, 11) is -2.76. The van der Waals surface area contributed by atoms with Crippen LogP contribution in [0.15, 0.2) is 0 Å². The molecule has 1 heterocycles. The normalized spacial score (nSPS) is 38.6. The van der Waals surface area contributed by atoms with E-state index in [4.69, 9.17) is 5.73 Å². The van der Waals surface area contributed by atoms with Gasteiger partial charge < -0.3 is 5.73 Å².